The van der Waals surface area contributed by atoms with E-state index in [0.717, 1.165) is 5.56 Å². The van der Waals surface area contributed by atoms with Gasteiger partial charge in [-0.15, -0.1) is 0 Å². The fourth-order valence-electron chi connectivity index (χ4n) is 2.83. The molecule has 0 saturated carbocycles. The van der Waals surface area contributed by atoms with E-state index in [-0.39, 0.29) is 21.8 Å². The fraction of sp³-hybridized carbons (Fsp3) is 0.0476. The summed E-state index contributed by atoms with van der Waals surface area (Å²) in [7, 11) is -3.76. The predicted octanol–water partition coefficient (Wildman–Crippen LogP) is 3.03. The van der Waals surface area contributed by atoms with Crippen molar-refractivity contribution in [2.45, 2.75) is 11.8 Å². The van der Waals surface area contributed by atoms with E-state index in [9.17, 15) is 13.2 Å². The Bertz CT molecular complexity index is 1460. The van der Waals surface area contributed by atoms with Crippen LogP contribution in [-0.2, 0) is 10.0 Å². The van der Waals surface area contributed by atoms with Crippen molar-refractivity contribution in [1.29, 1.82) is 0 Å². The molecule has 0 aliphatic carbocycles. The second-order valence-corrected chi connectivity index (χ2v) is 8.28. The third kappa shape index (κ3) is 4.65. The number of aliphatic imine (C=N–C) groups is 1. The molecule has 0 unspecified atom stereocenters. The number of fused-ring (bicyclic) bond motifs is 1. The number of hydrogen-bond donors (Lipinski definition) is 2. The van der Waals surface area contributed by atoms with Crippen molar-refractivity contribution >= 4 is 44.7 Å². The lowest BCUT2D eigenvalue weighted by Crippen LogP contribution is -2.11. The van der Waals surface area contributed by atoms with Gasteiger partial charge in [0.05, 0.1) is 15.8 Å². The Balaban J connectivity index is 1.56. The highest BCUT2D eigenvalue weighted by Gasteiger charge is 2.08. The first-order valence-electron chi connectivity index (χ1n) is 9.09. The second-order valence-electron chi connectivity index (χ2n) is 6.71. The first kappa shape index (κ1) is 20.4. The van der Waals surface area contributed by atoms with Crippen molar-refractivity contribution in [3.8, 4) is 0 Å². The molecule has 4 aromatic rings. The number of hydrogen-bond acceptors (Lipinski definition) is 8. The summed E-state index contributed by atoms with van der Waals surface area (Å²) in [6.45, 7) is 1.90. The van der Waals surface area contributed by atoms with Crippen molar-refractivity contribution in [2.24, 2.45) is 10.1 Å². The highest BCUT2D eigenvalue weighted by molar-refractivity contribution is 7.89. The van der Waals surface area contributed by atoms with Crippen molar-refractivity contribution in [1.82, 2.24) is 9.97 Å². The number of primary sulfonamides is 1. The van der Waals surface area contributed by atoms with E-state index in [1.165, 1.54) is 30.8 Å². The van der Waals surface area contributed by atoms with Crippen molar-refractivity contribution < 1.29 is 12.8 Å². The normalized spacial score (nSPS) is 11.8. The molecule has 9 nitrogen and oxygen atoms in total. The topological polar surface area (TPSA) is 141 Å². The number of anilines is 2. The van der Waals surface area contributed by atoms with Gasteiger partial charge in [0.1, 0.15) is 17.7 Å². The molecule has 2 aromatic heterocycles. The fourth-order valence-corrected chi connectivity index (χ4v) is 3.35. The summed E-state index contributed by atoms with van der Waals surface area (Å²) in [5.41, 5.74) is 2.14. The van der Waals surface area contributed by atoms with E-state index < -0.39 is 10.0 Å². The summed E-state index contributed by atoms with van der Waals surface area (Å²) < 4.78 is 28.2. The third-order valence-electron chi connectivity index (χ3n) is 4.37. The number of nitrogens with zero attached hydrogens (tertiary/aromatic N) is 3. The van der Waals surface area contributed by atoms with E-state index in [0.29, 0.717) is 22.5 Å². The summed E-state index contributed by atoms with van der Waals surface area (Å²) in [5.74, 6) is 0.571. The van der Waals surface area contributed by atoms with Crippen LogP contribution in [0.3, 0.4) is 0 Å². The Labute approximate surface area is 177 Å². The van der Waals surface area contributed by atoms with Crippen LogP contribution in [0.1, 0.15) is 11.1 Å². The minimum atomic E-state index is -3.76. The van der Waals surface area contributed by atoms with Gasteiger partial charge in [-0.1, -0.05) is 11.6 Å². The summed E-state index contributed by atoms with van der Waals surface area (Å²) in [4.78, 5) is 25.2. The number of sulfonamides is 1. The molecule has 0 amide bonds. The van der Waals surface area contributed by atoms with Gasteiger partial charge < -0.3 is 9.73 Å². The molecular formula is C21H17N5O4S. The standard InChI is InChI=1S/C21H17N5O4S/c1-13-2-7-18-17(10-13)20(27)14(12-30-18)11-24-21-23-9-8-19(26-21)25-15-3-5-16(6-4-15)31(22,28)29/h2-12H,1H3,(H2,22,28,29)(H,23,25,26). The number of aryl methyl sites for hydroxylation is 1. The van der Waals surface area contributed by atoms with Crippen LogP contribution >= 0.6 is 0 Å². The first-order chi connectivity index (χ1) is 14.8. The SMILES string of the molecule is Cc1ccc2occ(C=Nc3nccc(Nc4ccc(S(N)(=O)=O)cc4)n3)c(=O)c2c1. The molecule has 0 aliphatic rings. The molecule has 0 saturated heterocycles. The molecule has 2 heterocycles. The van der Waals surface area contributed by atoms with Gasteiger partial charge in [-0.05, 0) is 49.4 Å². The largest absolute Gasteiger partial charge is 0.463 e. The van der Waals surface area contributed by atoms with Crippen molar-refractivity contribution in [3.05, 3.63) is 82.3 Å². The van der Waals surface area contributed by atoms with Crippen LogP contribution in [-0.4, -0.2) is 24.6 Å². The molecule has 0 spiro atoms. The van der Waals surface area contributed by atoms with E-state index in [2.05, 4.69) is 20.3 Å². The molecule has 10 heteroatoms. The molecule has 0 radical (unpaired) electrons. The molecule has 0 aliphatic heterocycles. The molecule has 0 fully saturated rings. The lowest BCUT2D eigenvalue weighted by molar-refractivity contribution is 0.597. The van der Waals surface area contributed by atoms with E-state index in [1.807, 2.05) is 13.0 Å². The van der Waals surface area contributed by atoms with Crippen LogP contribution in [0.15, 0.2) is 80.1 Å². The zero-order chi connectivity index (χ0) is 22.0. The minimum Gasteiger partial charge on any atom is -0.463 e. The highest BCUT2D eigenvalue weighted by Crippen LogP contribution is 2.18. The average molecular weight is 435 g/mol. The maximum atomic E-state index is 12.7. The third-order valence-corrected chi connectivity index (χ3v) is 5.30. The average Bonchev–Trinajstić information content (AvgIpc) is 2.74. The number of aromatic nitrogens is 2. The molecule has 3 N–H and O–H groups in total. The van der Waals surface area contributed by atoms with Crippen molar-refractivity contribution in [3.63, 3.8) is 0 Å². The maximum Gasteiger partial charge on any atom is 0.251 e. The quantitative estimate of drug-likeness (QED) is 0.459. The van der Waals surface area contributed by atoms with Gasteiger partial charge in [0.2, 0.25) is 15.5 Å². The van der Waals surface area contributed by atoms with Crippen LogP contribution in [0, 0.1) is 6.92 Å². The van der Waals surface area contributed by atoms with Gasteiger partial charge in [-0.2, -0.15) is 4.98 Å². The van der Waals surface area contributed by atoms with Crippen LogP contribution in [0.2, 0.25) is 0 Å². The van der Waals surface area contributed by atoms with Crippen LogP contribution in [0.5, 0.6) is 0 Å². The van der Waals surface area contributed by atoms with Crippen LogP contribution in [0.25, 0.3) is 11.0 Å². The van der Waals surface area contributed by atoms with E-state index in [4.69, 9.17) is 9.56 Å². The molecule has 0 bridgehead atoms. The van der Waals surface area contributed by atoms with Gasteiger partial charge >= 0.3 is 0 Å². The van der Waals surface area contributed by atoms with Gasteiger partial charge in [0.15, 0.2) is 0 Å². The molecule has 156 valence electrons. The molecule has 31 heavy (non-hydrogen) atoms. The van der Waals surface area contributed by atoms with Crippen LogP contribution < -0.4 is 15.9 Å². The maximum absolute atomic E-state index is 12.7. The predicted molar refractivity (Wildman–Crippen MR) is 118 cm³/mol. The van der Waals surface area contributed by atoms with E-state index in [1.54, 1.807) is 30.3 Å². The second kappa shape index (κ2) is 8.09. The Morgan fingerprint density at radius 1 is 1.13 bits per heavy atom. The Morgan fingerprint density at radius 2 is 1.90 bits per heavy atom. The highest BCUT2D eigenvalue weighted by atomic mass is 32.2. The Morgan fingerprint density at radius 3 is 2.65 bits per heavy atom. The zero-order valence-electron chi connectivity index (χ0n) is 16.3. The lowest BCUT2D eigenvalue weighted by atomic mass is 10.1. The number of nitrogens with two attached hydrogens (primary N) is 1. The minimum absolute atomic E-state index is 0.00966. The summed E-state index contributed by atoms with van der Waals surface area (Å²) in [6.07, 6.45) is 4.21. The van der Waals surface area contributed by atoms with Gasteiger partial charge in [-0.25, -0.2) is 23.5 Å². The van der Waals surface area contributed by atoms with Gasteiger partial charge in [0.25, 0.3) is 5.95 Å². The van der Waals surface area contributed by atoms with Crippen LogP contribution in [0.4, 0.5) is 17.5 Å². The first-order valence-corrected chi connectivity index (χ1v) is 10.6. The summed E-state index contributed by atoms with van der Waals surface area (Å²) in [5, 5.41) is 8.59. The monoisotopic (exact) mass is 435 g/mol. The zero-order valence-corrected chi connectivity index (χ0v) is 17.1. The summed E-state index contributed by atoms with van der Waals surface area (Å²) >= 11 is 0. The Hall–Kier alpha value is -3.89. The number of benzene rings is 2. The molecule has 2 aromatic carbocycles. The molecular weight excluding hydrogens is 418 g/mol. The van der Waals surface area contributed by atoms with Crippen molar-refractivity contribution in [2.75, 3.05) is 5.32 Å². The van der Waals surface area contributed by atoms with Gasteiger partial charge in [0, 0.05) is 18.1 Å². The smallest absolute Gasteiger partial charge is 0.251 e. The number of nitrogens with one attached hydrogen (secondary N) is 1. The molecule has 0 atom stereocenters. The molecule has 4 rings (SSSR count). The Kier molecular flexibility index (Phi) is 5.32. The van der Waals surface area contributed by atoms with E-state index >= 15 is 0 Å². The lowest BCUT2D eigenvalue weighted by Gasteiger charge is -2.06. The van der Waals surface area contributed by atoms with Gasteiger partial charge in [-0.3, -0.25) is 4.79 Å². The summed E-state index contributed by atoms with van der Waals surface area (Å²) in [6, 6.07) is 12.9. The number of rotatable bonds is 5.